The van der Waals surface area contributed by atoms with Crippen LogP contribution in [0.3, 0.4) is 0 Å². The first-order valence-electron chi connectivity index (χ1n) is 7.09. The lowest BCUT2D eigenvalue weighted by molar-refractivity contribution is -0.186. The van der Waals surface area contributed by atoms with Gasteiger partial charge in [-0.25, -0.2) is 0 Å². The second-order valence-electron chi connectivity index (χ2n) is 5.53. The number of nitrogens with zero attached hydrogens (tertiary/aromatic N) is 2. The molecule has 110 valence electrons. The number of guanidine groups is 1. The highest BCUT2D eigenvalue weighted by Gasteiger charge is 2.42. The van der Waals surface area contributed by atoms with Crippen molar-refractivity contribution in [2.24, 2.45) is 4.99 Å². The number of hydrogen-bond donors (Lipinski definition) is 1. The van der Waals surface area contributed by atoms with Gasteiger partial charge in [-0.05, 0) is 12.8 Å². The number of ether oxygens (including phenoxy) is 2. The Morgan fingerprint density at radius 3 is 2.84 bits per heavy atom. The maximum Gasteiger partial charge on any atom is 0.193 e. The lowest BCUT2D eigenvalue weighted by atomic mass is 9.94. The molecule has 0 aromatic rings. The Kier molecular flexibility index (Phi) is 5.30. The average molecular weight is 381 g/mol. The Labute approximate surface area is 132 Å². The Balaban J connectivity index is 0.00000133. The van der Waals surface area contributed by atoms with Crippen LogP contribution in [0.2, 0.25) is 0 Å². The third-order valence-electron chi connectivity index (χ3n) is 4.08. The predicted octanol–water partition coefficient (Wildman–Crippen LogP) is 1.57. The van der Waals surface area contributed by atoms with E-state index in [0.717, 1.165) is 38.4 Å². The summed E-state index contributed by atoms with van der Waals surface area (Å²) in [6.07, 6.45) is 6.07. The number of halogens is 1. The van der Waals surface area contributed by atoms with Crippen molar-refractivity contribution in [3.05, 3.63) is 0 Å². The molecule has 2 fully saturated rings. The van der Waals surface area contributed by atoms with Gasteiger partial charge in [-0.2, -0.15) is 0 Å². The SMILES string of the molecule is CN1CCN=C1NCC1COC2(CCCCC2)O1.I. The Bertz CT molecular complexity index is 332. The second kappa shape index (κ2) is 6.58. The maximum atomic E-state index is 6.13. The molecular weight excluding hydrogens is 357 g/mol. The van der Waals surface area contributed by atoms with Gasteiger partial charge in [-0.1, -0.05) is 6.42 Å². The van der Waals surface area contributed by atoms with Crippen LogP contribution in [-0.2, 0) is 9.47 Å². The van der Waals surface area contributed by atoms with Gasteiger partial charge in [0.25, 0.3) is 0 Å². The molecule has 3 aliphatic rings. The third-order valence-corrected chi connectivity index (χ3v) is 4.08. The topological polar surface area (TPSA) is 46.1 Å². The molecule has 0 amide bonds. The van der Waals surface area contributed by atoms with Crippen molar-refractivity contribution in [3.63, 3.8) is 0 Å². The third kappa shape index (κ3) is 3.52. The molecule has 1 N–H and O–H groups in total. The predicted molar refractivity (Wildman–Crippen MR) is 85.0 cm³/mol. The molecule has 0 radical (unpaired) electrons. The molecule has 19 heavy (non-hydrogen) atoms. The number of rotatable bonds is 2. The van der Waals surface area contributed by atoms with Gasteiger partial charge in [0.05, 0.1) is 13.2 Å². The molecule has 5 nitrogen and oxygen atoms in total. The fourth-order valence-corrected chi connectivity index (χ4v) is 3.00. The smallest absolute Gasteiger partial charge is 0.193 e. The fourth-order valence-electron chi connectivity index (χ4n) is 3.00. The molecule has 2 heterocycles. The number of aliphatic imine (C=N–C) groups is 1. The summed E-state index contributed by atoms with van der Waals surface area (Å²) in [4.78, 5) is 6.56. The highest BCUT2D eigenvalue weighted by atomic mass is 127. The molecule has 0 bridgehead atoms. The number of likely N-dealkylation sites (N-methyl/N-ethyl adjacent to an activating group) is 1. The van der Waals surface area contributed by atoms with Gasteiger partial charge in [-0.15, -0.1) is 24.0 Å². The van der Waals surface area contributed by atoms with Crippen molar-refractivity contribution in [1.82, 2.24) is 10.2 Å². The molecule has 0 aromatic heterocycles. The molecule has 3 rings (SSSR count). The summed E-state index contributed by atoms with van der Waals surface area (Å²) in [5, 5.41) is 3.37. The lowest BCUT2D eigenvalue weighted by Gasteiger charge is -2.31. The minimum absolute atomic E-state index is 0. The largest absolute Gasteiger partial charge is 0.354 e. The first-order chi connectivity index (χ1) is 8.77. The highest BCUT2D eigenvalue weighted by Crippen LogP contribution is 2.37. The summed E-state index contributed by atoms with van der Waals surface area (Å²) >= 11 is 0. The molecule has 1 saturated heterocycles. The molecular formula is C13H24IN3O2. The standard InChI is InChI=1S/C13H23N3O2.HI/c1-16-8-7-14-12(16)15-9-11-10-17-13(18-11)5-3-2-4-6-13;/h11H,2-10H2,1H3,(H,14,15);1H. The average Bonchev–Trinajstić information content (AvgIpc) is 2.96. The molecule has 1 unspecified atom stereocenters. The zero-order valence-corrected chi connectivity index (χ0v) is 13.9. The van der Waals surface area contributed by atoms with Gasteiger partial charge in [0.1, 0.15) is 6.10 Å². The van der Waals surface area contributed by atoms with Gasteiger partial charge in [0.15, 0.2) is 11.7 Å². The van der Waals surface area contributed by atoms with E-state index in [-0.39, 0.29) is 35.9 Å². The van der Waals surface area contributed by atoms with E-state index >= 15 is 0 Å². The Morgan fingerprint density at radius 2 is 2.16 bits per heavy atom. The van der Waals surface area contributed by atoms with Gasteiger partial charge < -0.3 is 19.7 Å². The van der Waals surface area contributed by atoms with E-state index in [1.54, 1.807) is 0 Å². The summed E-state index contributed by atoms with van der Waals surface area (Å²) < 4.78 is 12.0. The number of hydrogen-bond acceptors (Lipinski definition) is 5. The van der Waals surface area contributed by atoms with Gasteiger partial charge in [-0.3, -0.25) is 4.99 Å². The first-order valence-corrected chi connectivity index (χ1v) is 7.09. The van der Waals surface area contributed by atoms with Gasteiger partial charge in [0.2, 0.25) is 0 Å². The van der Waals surface area contributed by atoms with Crippen LogP contribution in [0.25, 0.3) is 0 Å². The van der Waals surface area contributed by atoms with E-state index in [4.69, 9.17) is 9.47 Å². The summed E-state index contributed by atoms with van der Waals surface area (Å²) in [5.74, 6) is 0.733. The summed E-state index contributed by atoms with van der Waals surface area (Å²) in [7, 11) is 2.06. The van der Waals surface area contributed by atoms with E-state index in [9.17, 15) is 0 Å². The van der Waals surface area contributed by atoms with Crippen molar-refractivity contribution < 1.29 is 9.47 Å². The lowest BCUT2D eigenvalue weighted by Crippen LogP contribution is -2.41. The van der Waals surface area contributed by atoms with Crippen molar-refractivity contribution >= 4 is 29.9 Å². The van der Waals surface area contributed by atoms with E-state index in [2.05, 4.69) is 22.3 Å². The normalized spacial score (nSPS) is 29.2. The maximum absolute atomic E-state index is 6.13. The van der Waals surface area contributed by atoms with Crippen LogP contribution in [0.15, 0.2) is 4.99 Å². The van der Waals surface area contributed by atoms with Crippen molar-refractivity contribution in [2.45, 2.75) is 44.0 Å². The molecule has 1 atom stereocenters. The molecule has 0 aromatic carbocycles. The van der Waals surface area contributed by atoms with E-state index in [0.29, 0.717) is 6.61 Å². The van der Waals surface area contributed by atoms with Crippen molar-refractivity contribution in [2.75, 3.05) is 33.3 Å². The summed E-state index contributed by atoms with van der Waals surface area (Å²) in [5.41, 5.74) is 0. The zero-order chi connectivity index (χ0) is 12.4. The molecule has 1 saturated carbocycles. The highest BCUT2D eigenvalue weighted by molar-refractivity contribution is 14.0. The summed E-state index contributed by atoms with van der Waals surface area (Å²) in [6.45, 7) is 3.41. The minimum Gasteiger partial charge on any atom is -0.354 e. The van der Waals surface area contributed by atoms with Crippen LogP contribution in [0.1, 0.15) is 32.1 Å². The van der Waals surface area contributed by atoms with Crippen molar-refractivity contribution in [3.8, 4) is 0 Å². The summed E-state index contributed by atoms with van der Waals surface area (Å²) in [6, 6.07) is 0. The number of nitrogens with one attached hydrogen (secondary N) is 1. The van der Waals surface area contributed by atoms with Crippen LogP contribution in [0, 0.1) is 0 Å². The van der Waals surface area contributed by atoms with Crippen LogP contribution in [-0.4, -0.2) is 56.0 Å². The molecule has 6 heteroatoms. The second-order valence-corrected chi connectivity index (χ2v) is 5.53. The van der Waals surface area contributed by atoms with Crippen molar-refractivity contribution in [1.29, 1.82) is 0 Å². The first kappa shape index (κ1) is 15.3. The monoisotopic (exact) mass is 381 g/mol. The fraction of sp³-hybridized carbons (Fsp3) is 0.923. The van der Waals surface area contributed by atoms with Crippen LogP contribution in [0.4, 0.5) is 0 Å². The zero-order valence-electron chi connectivity index (χ0n) is 11.6. The Morgan fingerprint density at radius 1 is 1.37 bits per heavy atom. The van der Waals surface area contributed by atoms with E-state index in [1.165, 1.54) is 19.3 Å². The Hall–Kier alpha value is -0.0800. The van der Waals surface area contributed by atoms with Crippen LogP contribution in [0.5, 0.6) is 0 Å². The van der Waals surface area contributed by atoms with E-state index < -0.39 is 0 Å². The quantitative estimate of drug-likeness (QED) is 0.738. The van der Waals surface area contributed by atoms with Gasteiger partial charge >= 0.3 is 0 Å². The van der Waals surface area contributed by atoms with Crippen LogP contribution < -0.4 is 5.32 Å². The molecule has 1 aliphatic carbocycles. The van der Waals surface area contributed by atoms with E-state index in [1.807, 2.05) is 0 Å². The minimum atomic E-state index is -0.256. The molecule has 2 aliphatic heterocycles. The van der Waals surface area contributed by atoms with Crippen LogP contribution >= 0.6 is 24.0 Å². The van der Waals surface area contributed by atoms with Gasteiger partial charge in [0, 0.05) is 33.0 Å². The molecule has 1 spiro atoms.